The number of amides is 1. The van der Waals surface area contributed by atoms with Gasteiger partial charge in [0.1, 0.15) is 12.4 Å². The maximum Gasteiger partial charge on any atom is 0.294 e. The highest BCUT2D eigenvalue weighted by Gasteiger charge is 2.40. The molecule has 6 rings (SSSR count). The minimum atomic E-state index is -0.414. The second-order valence-corrected chi connectivity index (χ2v) is 9.92. The number of hydrogen-bond acceptors (Lipinski definition) is 6. The number of aromatic nitrogens is 4. The van der Waals surface area contributed by atoms with Crippen LogP contribution in [0.3, 0.4) is 0 Å². The van der Waals surface area contributed by atoms with Crippen molar-refractivity contribution in [1.82, 2.24) is 24.8 Å². The molecule has 4 heterocycles. The van der Waals surface area contributed by atoms with Crippen LogP contribution in [0.4, 0.5) is 10.2 Å². The first-order chi connectivity index (χ1) is 19.5. The van der Waals surface area contributed by atoms with Crippen molar-refractivity contribution in [3.05, 3.63) is 113 Å². The summed E-state index contributed by atoms with van der Waals surface area (Å²) < 4.78 is 20.4. The molecule has 0 atom stereocenters. The lowest BCUT2D eigenvalue weighted by atomic mass is 9.78. The van der Waals surface area contributed by atoms with E-state index in [9.17, 15) is 14.0 Å². The molecule has 1 aliphatic rings. The number of rotatable bonds is 9. The number of nitrogens with one attached hydrogen (secondary N) is 3. The minimum absolute atomic E-state index is 0.129. The highest BCUT2D eigenvalue weighted by atomic mass is 19.1. The van der Waals surface area contributed by atoms with Gasteiger partial charge < -0.3 is 20.4 Å². The third-order valence-corrected chi connectivity index (χ3v) is 7.19. The van der Waals surface area contributed by atoms with Crippen LogP contribution in [0.1, 0.15) is 11.3 Å². The molecule has 9 nitrogen and oxygen atoms in total. The largest absolute Gasteiger partial charge is 0.379 e. The predicted molar refractivity (Wildman–Crippen MR) is 149 cm³/mol. The number of pyridine rings is 1. The van der Waals surface area contributed by atoms with Crippen LogP contribution in [0.2, 0.25) is 0 Å². The van der Waals surface area contributed by atoms with Crippen LogP contribution in [-0.2, 0) is 28.0 Å². The van der Waals surface area contributed by atoms with E-state index >= 15 is 0 Å². The summed E-state index contributed by atoms with van der Waals surface area (Å²) in [4.78, 5) is 38.5. The van der Waals surface area contributed by atoms with Crippen molar-refractivity contribution in [2.75, 3.05) is 25.1 Å². The predicted octanol–water partition coefficient (Wildman–Crippen LogP) is 3.62. The summed E-state index contributed by atoms with van der Waals surface area (Å²) in [5, 5.41) is 7.02. The van der Waals surface area contributed by atoms with E-state index in [1.807, 2.05) is 42.5 Å². The van der Waals surface area contributed by atoms with E-state index < -0.39 is 11.0 Å². The number of fused-ring (bicyclic) bond motifs is 1. The van der Waals surface area contributed by atoms with Gasteiger partial charge in [-0.1, -0.05) is 42.5 Å². The van der Waals surface area contributed by atoms with Crippen LogP contribution in [0.5, 0.6) is 0 Å². The van der Waals surface area contributed by atoms with Crippen LogP contribution in [-0.4, -0.2) is 45.2 Å². The third kappa shape index (κ3) is 5.08. The lowest BCUT2D eigenvalue weighted by Crippen LogP contribution is -2.52. The van der Waals surface area contributed by atoms with Gasteiger partial charge in [-0.2, -0.15) is 0 Å². The molecule has 0 unspecified atom stereocenters. The topological polar surface area (TPSA) is 114 Å². The molecule has 1 fully saturated rings. The number of anilines is 1. The van der Waals surface area contributed by atoms with Gasteiger partial charge in [0.05, 0.1) is 37.1 Å². The number of hydrogen-bond donors (Lipinski definition) is 3. The molecule has 1 aliphatic heterocycles. The SMILES string of the molecule is O=C(Cn1c(-c2ccccc2)cnc(NCC2(c3ccc(F)cc3)COC2)c1=O)NCc1cc2cnccc2[nH]1. The maximum atomic E-state index is 13.7. The number of benzene rings is 2. The zero-order valence-corrected chi connectivity index (χ0v) is 21.6. The van der Waals surface area contributed by atoms with Gasteiger partial charge in [-0.25, -0.2) is 9.37 Å². The van der Waals surface area contributed by atoms with E-state index in [0.717, 1.165) is 27.7 Å². The lowest BCUT2D eigenvalue weighted by Gasteiger charge is -2.42. The van der Waals surface area contributed by atoms with Crippen molar-refractivity contribution in [2.45, 2.75) is 18.5 Å². The molecule has 0 spiro atoms. The van der Waals surface area contributed by atoms with E-state index in [4.69, 9.17) is 4.74 Å². The number of H-pyrrole nitrogens is 1. The number of halogens is 1. The van der Waals surface area contributed by atoms with Gasteiger partial charge in [0.25, 0.3) is 5.56 Å². The van der Waals surface area contributed by atoms with Crippen molar-refractivity contribution < 1.29 is 13.9 Å². The van der Waals surface area contributed by atoms with Crippen LogP contribution in [0, 0.1) is 5.82 Å². The Morgan fingerprint density at radius 1 is 1.07 bits per heavy atom. The molecule has 0 saturated carbocycles. The highest BCUT2D eigenvalue weighted by molar-refractivity contribution is 5.80. The molecule has 0 aliphatic carbocycles. The van der Waals surface area contributed by atoms with Crippen molar-refractivity contribution in [3.8, 4) is 11.3 Å². The fourth-order valence-electron chi connectivity index (χ4n) is 4.90. The first kappa shape index (κ1) is 25.4. The molecule has 5 aromatic rings. The van der Waals surface area contributed by atoms with E-state index in [2.05, 4.69) is 25.6 Å². The molecule has 202 valence electrons. The molecule has 0 bridgehead atoms. The number of nitrogens with zero attached hydrogens (tertiary/aromatic N) is 3. The molecule has 1 amide bonds. The van der Waals surface area contributed by atoms with E-state index in [1.54, 1.807) is 30.7 Å². The Bertz CT molecular complexity index is 1680. The molecule has 40 heavy (non-hydrogen) atoms. The standard InChI is InChI=1S/C30H27FN6O3/c31-23-8-6-22(7-9-23)30(18-40-19-30)17-35-28-29(39)37(26(15-34-28)20-4-2-1-3-5-20)16-27(38)33-14-24-12-21-13-32-11-10-25(21)36-24/h1-13,15,36H,14,16-19H2,(H,33,38)(H,34,35). The summed E-state index contributed by atoms with van der Waals surface area (Å²) in [6.45, 7) is 1.34. The van der Waals surface area contributed by atoms with E-state index in [1.165, 1.54) is 16.7 Å². The first-order valence-electron chi connectivity index (χ1n) is 12.9. The normalized spacial score (nSPS) is 14.0. The van der Waals surface area contributed by atoms with E-state index in [0.29, 0.717) is 25.5 Å². The fourth-order valence-corrected chi connectivity index (χ4v) is 4.90. The Kier molecular flexibility index (Phi) is 6.83. The van der Waals surface area contributed by atoms with E-state index in [-0.39, 0.29) is 30.6 Å². The zero-order chi connectivity index (χ0) is 27.5. The molecule has 0 radical (unpaired) electrons. The Labute approximate surface area is 229 Å². The Morgan fingerprint density at radius 3 is 2.60 bits per heavy atom. The quantitative estimate of drug-likeness (QED) is 0.264. The second-order valence-electron chi connectivity index (χ2n) is 9.92. The van der Waals surface area contributed by atoms with Gasteiger partial charge in [-0.05, 0) is 35.4 Å². The van der Waals surface area contributed by atoms with Gasteiger partial charge in [0.15, 0.2) is 5.82 Å². The maximum absolute atomic E-state index is 13.7. The van der Waals surface area contributed by atoms with Crippen LogP contribution < -0.4 is 16.2 Å². The van der Waals surface area contributed by atoms with Crippen LogP contribution >= 0.6 is 0 Å². The average molecular weight is 539 g/mol. The van der Waals surface area contributed by atoms with Gasteiger partial charge in [0.2, 0.25) is 5.91 Å². The summed E-state index contributed by atoms with van der Waals surface area (Å²) in [6.07, 6.45) is 5.05. The van der Waals surface area contributed by atoms with Gasteiger partial charge in [0, 0.05) is 35.5 Å². The summed E-state index contributed by atoms with van der Waals surface area (Å²) in [6, 6.07) is 19.4. The summed E-state index contributed by atoms with van der Waals surface area (Å²) in [5.41, 5.74) is 3.16. The average Bonchev–Trinajstić information content (AvgIpc) is 3.38. The molecule has 3 aromatic heterocycles. The van der Waals surface area contributed by atoms with Gasteiger partial charge in [-0.15, -0.1) is 0 Å². The zero-order valence-electron chi connectivity index (χ0n) is 21.6. The molecular formula is C30H27FN6O3. The number of ether oxygens (including phenoxy) is 1. The molecule has 3 N–H and O–H groups in total. The smallest absolute Gasteiger partial charge is 0.294 e. The van der Waals surface area contributed by atoms with Crippen molar-refractivity contribution in [1.29, 1.82) is 0 Å². The summed E-state index contributed by atoms with van der Waals surface area (Å²) >= 11 is 0. The monoisotopic (exact) mass is 538 g/mol. The number of carbonyl (C=O) groups is 1. The molecule has 10 heteroatoms. The minimum Gasteiger partial charge on any atom is -0.379 e. The van der Waals surface area contributed by atoms with Crippen LogP contribution in [0.25, 0.3) is 22.2 Å². The third-order valence-electron chi connectivity index (χ3n) is 7.19. The molecular weight excluding hydrogens is 511 g/mol. The Balaban J connectivity index is 1.23. The lowest BCUT2D eigenvalue weighted by molar-refractivity contribution is -0.121. The number of carbonyl (C=O) groups excluding carboxylic acids is 1. The van der Waals surface area contributed by atoms with Crippen molar-refractivity contribution >= 4 is 22.6 Å². The number of aromatic amines is 1. The van der Waals surface area contributed by atoms with Gasteiger partial charge >= 0.3 is 0 Å². The van der Waals surface area contributed by atoms with Crippen molar-refractivity contribution in [3.63, 3.8) is 0 Å². The Morgan fingerprint density at radius 2 is 1.88 bits per heavy atom. The molecule has 1 saturated heterocycles. The Hall–Kier alpha value is -4.83. The first-order valence-corrected chi connectivity index (χ1v) is 12.9. The summed E-state index contributed by atoms with van der Waals surface area (Å²) in [7, 11) is 0. The van der Waals surface area contributed by atoms with Crippen molar-refractivity contribution in [2.24, 2.45) is 0 Å². The van der Waals surface area contributed by atoms with Gasteiger partial charge in [-0.3, -0.25) is 19.1 Å². The summed E-state index contributed by atoms with van der Waals surface area (Å²) in [5.74, 6) is -0.500. The second kappa shape index (κ2) is 10.7. The van der Waals surface area contributed by atoms with Crippen LogP contribution in [0.15, 0.2) is 90.1 Å². The fraction of sp³-hybridized carbons (Fsp3) is 0.200. The highest BCUT2D eigenvalue weighted by Crippen LogP contribution is 2.32. The molecule has 2 aromatic carbocycles.